The average molecular weight is 331 g/mol. The third kappa shape index (κ3) is 3.63. The molecule has 0 aromatic heterocycles. The minimum atomic E-state index is -5.53. The van der Waals surface area contributed by atoms with Crippen LogP contribution in [0.1, 0.15) is 19.8 Å². The molecule has 1 aromatic rings. The van der Waals surface area contributed by atoms with Crippen LogP contribution in [0.15, 0.2) is 23.1 Å². The van der Waals surface area contributed by atoms with Crippen LogP contribution in [0.2, 0.25) is 5.02 Å². The van der Waals surface area contributed by atoms with E-state index >= 15 is 0 Å². The smallest absolute Gasteiger partial charge is 0.426 e. The van der Waals surface area contributed by atoms with Crippen LogP contribution in [0, 0.1) is 0 Å². The number of ether oxygens (including phenoxy) is 1. The van der Waals surface area contributed by atoms with Crippen molar-refractivity contribution in [2.24, 2.45) is 0 Å². The summed E-state index contributed by atoms with van der Waals surface area (Å²) < 4.78 is 64.3. The minimum absolute atomic E-state index is 0.116. The lowest BCUT2D eigenvalue weighted by atomic mass is 10.3. The SMILES string of the molecule is CCCC(=O)Oc1ccc(S(=O)(=O)C(F)(F)F)c(Cl)c1. The van der Waals surface area contributed by atoms with Gasteiger partial charge in [-0.1, -0.05) is 18.5 Å². The zero-order valence-corrected chi connectivity index (χ0v) is 11.8. The van der Waals surface area contributed by atoms with E-state index in [4.69, 9.17) is 16.3 Å². The van der Waals surface area contributed by atoms with Gasteiger partial charge in [0, 0.05) is 12.5 Å². The Labute approximate surface area is 118 Å². The molecule has 0 radical (unpaired) electrons. The van der Waals surface area contributed by atoms with Crippen molar-refractivity contribution in [3.05, 3.63) is 23.2 Å². The number of benzene rings is 1. The van der Waals surface area contributed by atoms with Crippen molar-refractivity contribution in [2.45, 2.75) is 30.2 Å². The van der Waals surface area contributed by atoms with Crippen molar-refractivity contribution in [1.29, 1.82) is 0 Å². The molecule has 0 unspecified atom stereocenters. The quantitative estimate of drug-likeness (QED) is 0.627. The molecule has 9 heteroatoms. The second kappa shape index (κ2) is 6.01. The Morgan fingerprint density at radius 1 is 1.35 bits per heavy atom. The van der Waals surface area contributed by atoms with Gasteiger partial charge < -0.3 is 4.74 Å². The maximum absolute atomic E-state index is 12.4. The number of rotatable bonds is 4. The Kier molecular flexibility index (Phi) is 5.04. The molecule has 4 nitrogen and oxygen atoms in total. The highest BCUT2D eigenvalue weighted by atomic mass is 35.5. The van der Waals surface area contributed by atoms with Crippen LogP contribution in [0.4, 0.5) is 13.2 Å². The first-order valence-electron chi connectivity index (χ1n) is 5.41. The van der Waals surface area contributed by atoms with E-state index < -0.39 is 31.2 Å². The monoisotopic (exact) mass is 330 g/mol. The summed E-state index contributed by atoms with van der Waals surface area (Å²) in [5.74, 6) is -0.704. The molecule has 0 saturated heterocycles. The van der Waals surface area contributed by atoms with Crippen LogP contribution >= 0.6 is 11.6 Å². The minimum Gasteiger partial charge on any atom is -0.426 e. The Morgan fingerprint density at radius 2 is 1.95 bits per heavy atom. The Bertz CT molecular complexity index is 611. The fourth-order valence-electron chi connectivity index (χ4n) is 1.27. The molecule has 0 amide bonds. The summed E-state index contributed by atoms with van der Waals surface area (Å²) >= 11 is 5.51. The van der Waals surface area contributed by atoms with Crippen LogP contribution in [0.25, 0.3) is 0 Å². The van der Waals surface area contributed by atoms with Gasteiger partial charge >= 0.3 is 11.5 Å². The lowest BCUT2D eigenvalue weighted by Crippen LogP contribution is -2.23. The van der Waals surface area contributed by atoms with Gasteiger partial charge in [0.2, 0.25) is 0 Å². The molecule has 0 heterocycles. The zero-order chi connectivity index (χ0) is 15.6. The number of esters is 1. The summed E-state index contributed by atoms with van der Waals surface area (Å²) in [5.41, 5.74) is -5.45. The van der Waals surface area contributed by atoms with Crippen molar-refractivity contribution in [3.63, 3.8) is 0 Å². The van der Waals surface area contributed by atoms with Gasteiger partial charge in [-0.25, -0.2) is 8.42 Å². The maximum atomic E-state index is 12.4. The molecule has 1 aromatic carbocycles. The summed E-state index contributed by atoms with van der Waals surface area (Å²) in [6.45, 7) is 1.74. The van der Waals surface area contributed by atoms with Gasteiger partial charge in [0.25, 0.3) is 9.84 Å². The van der Waals surface area contributed by atoms with E-state index in [9.17, 15) is 26.4 Å². The highest BCUT2D eigenvalue weighted by Crippen LogP contribution is 2.35. The molecule has 112 valence electrons. The molecule has 0 aliphatic carbocycles. The van der Waals surface area contributed by atoms with Crippen molar-refractivity contribution in [2.75, 3.05) is 0 Å². The number of hydrogen-bond donors (Lipinski definition) is 0. The van der Waals surface area contributed by atoms with Gasteiger partial charge in [-0.05, 0) is 18.6 Å². The summed E-state index contributed by atoms with van der Waals surface area (Å²) in [7, 11) is -5.53. The largest absolute Gasteiger partial charge is 0.501 e. The topological polar surface area (TPSA) is 60.4 Å². The van der Waals surface area contributed by atoms with Crippen molar-refractivity contribution < 1.29 is 31.1 Å². The van der Waals surface area contributed by atoms with E-state index in [-0.39, 0.29) is 12.2 Å². The number of halogens is 4. The van der Waals surface area contributed by atoms with Crippen LogP contribution in [-0.4, -0.2) is 19.9 Å². The summed E-state index contributed by atoms with van der Waals surface area (Å²) in [4.78, 5) is 10.1. The fraction of sp³-hybridized carbons (Fsp3) is 0.364. The predicted octanol–water partition coefficient (Wildman–Crippen LogP) is 3.34. The summed E-state index contributed by atoms with van der Waals surface area (Å²) in [6.07, 6.45) is 0.660. The van der Waals surface area contributed by atoms with E-state index in [0.29, 0.717) is 12.5 Å². The van der Waals surface area contributed by atoms with Crippen LogP contribution < -0.4 is 4.74 Å². The lowest BCUT2D eigenvalue weighted by Gasteiger charge is -2.10. The van der Waals surface area contributed by atoms with Crippen molar-refractivity contribution >= 4 is 27.4 Å². The second-order valence-corrected chi connectivity index (χ2v) is 6.08. The number of hydrogen-bond acceptors (Lipinski definition) is 4. The molecule has 0 bridgehead atoms. The molecule has 0 saturated carbocycles. The standard InChI is InChI=1S/C11H10ClF3O4S/c1-2-3-10(16)19-7-4-5-9(8(12)6-7)20(17,18)11(13,14)15/h4-6H,2-3H2,1H3. The fourth-order valence-corrected chi connectivity index (χ4v) is 2.56. The molecular weight excluding hydrogens is 321 g/mol. The first-order valence-corrected chi connectivity index (χ1v) is 7.27. The molecule has 0 fully saturated rings. The summed E-state index contributed by atoms with van der Waals surface area (Å²) in [6, 6.07) is 2.45. The van der Waals surface area contributed by atoms with Gasteiger partial charge in [-0.3, -0.25) is 4.79 Å². The molecule has 0 aliphatic heterocycles. The van der Waals surface area contributed by atoms with Gasteiger partial charge in [0.15, 0.2) is 0 Å². The zero-order valence-electron chi connectivity index (χ0n) is 10.2. The number of sulfone groups is 1. The predicted molar refractivity (Wildman–Crippen MR) is 65.2 cm³/mol. The van der Waals surface area contributed by atoms with Gasteiger partial charge in [0.1, 0.15) is 5.75 Å². The van der Waals surface area contributed by atoms with Gasteiger partial charge in [-0.15, -0.1) is 0 Å². The second-order valence-electron chi connectivity index (χ2n) is 3.77. The first kappa shape index (κ1) is 16.8. The normalized spacial score (nSPS) is 12.2. The van der Waals surface area contributed by atoms with Gasteiger partial charge in [-0.2, -0.15) is 13.2 Å². The summed E-state index contributed by atoms with van der Waals surface area (Å²) in [5, 5.41) is -0.663. The van der Waals surface area contributed by atoms with E-state index in [0.717, 1.165) is 12.1 Å². The number of carbonyl (C=O) groups is 1. The molecular formula is C11H10ClF3O4S. The molecule has 1 rings (SSSR count). The average Bonchev–Trinajstić information content (AvgIpc) is 2.27. The van der Waals surface area contributed by atoms with E-state index in [1.807, 2.05) is 0 Å². The van der Waals surface area contributed by atoms with Crippen molar-refractivity contribution in [1.82, 2.24) is 0 Å². The third-order valence-corrected chi connectivity index (χ3v) is 4.15. The molecule has 0 N–H and O–H groups in total. The molecule has 0 spiro atoms. The molecule has 0 aliphatic rings. The van der Waals surface area contributed by atoms with Crippen LogP contribution in [0.5, 0.6) is 5.75 Å². The van der Waals surface area contributed by atoms with E-state index in [1.54, 1.807) is 6.92 Å². The Morgan fingerprint density at radius 3 is 2.40 bits per heavy atom. The van der Waals surface area contributed by atoms with Crippen LogP contribution in [-0.2, 0) is 14.6 Å². The highest BCUT2D eigenvalue weighted by molar-refractivity contribution is 7.92. The Balaban J connectivity index is 3.10. The van der Waals surface area contributed by atoms with E-state index in [1.165, 1.54) is 0 Å². The van der Waals surface area contributed by atoms with Crippen LogP contribution in [0.3, 0.4) is 0 Å². The van der Waals surface area contributed by atoms with Gasteiger partial charge in [0.05, 0.1) is 9.92 Å². The molecule has 20 heavy (non-hydrogen) atoms. The number of carbonyl (C=O) groups excluding carboxylic acids is 1. The maximum Gasteiger partial charge on any atom is 0.501 e. The lowest BCUT2D eigenvalue weighted by molar-refractivity contribution is -0.134. The highest BCUT2D eigenvalue weighted by Gasteiger charge is 2.47. The van der Waals surface area contributed by atoms with Crippen molar-refractivity contribution in [3.8, 4) is 5.75 Å². The number of alkyl halides is 3. The first-order chi connectivity index (χ1) is 9.09. The molecule has 0 atom stereocenters. The Hall–Kier alpha value is -1.28. The van der Waals surface area contributed by atoms with E-state index in [2.05, 4.69) is 0 Å². The third-order valence-electron chi connectivity index (χ3n) is 2.18.